The topological polar surface area (TPSA) is 128 Å². The molecule has 0 bridgehead atoms. The number of hydrogen-bond acceptors (Lipinski definition) is 6. The Morgan fingerprint density at radius 2 is 1.92 bits per heavy atom. The predicted molar refractivity (Wildman–Crippen MR) is 91.2 cm³/mol. The van der Waals surface area contributed by atoms with Crippen molar-refractivity contribution >= 4 is 33.0 Å². The fourth-order valence-electron chi connectivity index (χ4n) is 2.04. The standard InChI is InChI=1S/C15H15N3O6S/c1-10(19)16-11-6-7-15(24-2)14(8-11)17-25(22,23)13-5-3-4-12(9-13)18(20)21/h3-9,17H,1-2H3,(H,16,19). The molecule has 0 aliphatic rings. The molecule has 0 radical (unpaired) electrons. The number of hydrogen-bond donors (Lipinski definition) is 2. The van der Waals surface area contributed by atoms with Crippen LogP contribution in [0.1, 0.15) is 6.92 Å². The van der Waals surface area contributed by atoms with Crippen molar-refractivity contribution in [1.82, 2.24) is 0 Å². The summed E-state index contributed by atoms with van der Waals surface area (Å²) in [5.41, 5.74) is 0.104. The van der Waals surface area contributed by atoms with E-state index < -0.39 is 14.9 Å². The van der Waals surface area contributed by atoms with Gasteiger partial charge in [0.1, 0.15) is 5.75 Å². The molecule has 0 aliphatic heterocycles. The van der Waals surface area contributed by atoms with Crippen molar-refractivity contribution in [3.8, 4) is 5.75 Å². The van der Waals surface area contributed by atoms with E-state index in [9.17, 15) is 23.3 Å². The minimum absolute atomic E-state index is 0.0836. The van der Waals surface area contributed by atoms with Crippen LogP contribution in [0, 0.1) is 10.1 Å². The molecule has 0 saturated heterocycles. The summed E-state index contributed by atoms with van der Waals surface area (Å²) in [5.74, 6) is -0.0965. The smallest absolute Gasteiger partial charge is 0.270 e. The van der Waals surface area contributed by atoms with Crippen LogP contribution in [0.5, 0.6) is 5.75 Å². The summed E-state index contributed by atoms with van der Waals surface area (Å²) in [6, 6.07) is 9.07. The highest BCUT2D eigenvalue weighted by atomic mass is 32.2. The molecule has 9 nitrogen and oxygen atoms in total. The molecule has 2 aromatic rings. The lowest BCUT2D eigenvalue weighted by Gasteiger charge is -2.13. The number of ether oxygens (including phenoxy) is 1. The summed E-state index contributed by atoms with van der Waals surface area (Å²) in [7, 11) is -2.73. The number of non-ortho nitro benzene ring substituents is 1. The molecule has 1 amide bonds. The number of anilines is 2. The summed E-state index contributed by atoms with van der Waals surface area (Å²) in [5, 5.41) is 13.3. The quantitative estimate of drug-likeness (QED) is 0.597. The largest absolute Gasteiger partial charge is 0.495 e. The molecule has 0 spiro atoms. The van der Waals surface area contributed by atoms with Crippen LogP contribution in [-0.2, 0) is 14.8 Å². The van der Waals surface area contributed by atoms with Gasteiger partial charge in [-0.3, -0.25) is 19.6 Å². The molecule has 132 valence electrons. The highest BCUT2D eigenvalue weighted by Gasteiger charge is 2.19. The molecular formula is C15H15N3O6S. The molecule has 0 fully saturated rings. The molecule has 25 heavy (non-hydrogen) atoms. The van der Waals surface area contributed by atoms with Crippen molar-refractivity contribution in [2.75, 3.05) is 17.1 Å². The van der Waals surface area contributed by atoms with E-state index in [2.05, 4.69) is 10.0 Å². The van der Waals surface area contributed by atoms with E-state index in [0.717, 1.165) is 6.07 Å². The van der Waals surface area contributed by atoms with Gasteiger partial charge in [-0.1, -0.05) is 6.07 Å². The van der Waals surface area contributed by atoms with Gasteiger partial charge in [0.25, 0.3) is 15.7 Å². The summed E-state index contributed by atoms with van der Waals surface area (Å²) in [6.07, 6.45) is 0. The second kappa shape index (κ2) is 7.18. The van der Waals surface area contributed by atoms with Gasteiger partial charge in [0.15, 0.2) is 0 Å². The van der Waals surface area contributed by atoms with Gasteiger partial charge in [-0.2, -0.15) is 0 Å². The SMILES string of the molecule is COc1ccc(NC(C)=O)cc1NS(=O)(=O)c1cccc([N+](=O)[O-])c1. The van der Waals surface area contributed by atoms with E-state index >= 15 is 0 Å². The third-order valence-electron chi connectivity index (χ3n) is 3.10. The van der Waals surface area contributed by atoms with Gasteiger partial charge in [0.05, 0.1) is 22.6 Å². The number of nitro groups is 1. The second-order valence-electron chi connectivity index (χ2n) is 4.96. The minimum atomic E-state index is -4.09. The Kier molecular flexibility index (Phi) is 5.22. The van der Waals surface area contributed by atoms with Crippen LogP contribution in [-0.4, -0.2) is 26.4 Å². The lowest BCUT2D eigenvalue weighted by molar-refractivity contribution is -0.385. The first-order valence-corrected chi connectivity index (χ1v) is 8.44. The average molecular weight is 365 g/mol. The maximum atomic E-state index is 12.5. The Hall–Kier alpha value is -3.14. The Morgan fingerprint density at radius 1 is 1.20 bits per heavy atom. The Balaban J connectivity index is 2.41. The molecule has 0 aliphatic carbocycles. The van der Waals surface area contributed by atoms with E-state index in [-0.39, 0.29) is 27.9 Å². The molecular weight excluding hydrogens is 350 g/mol. The average Bonchev–Trinajstić information content (AvgIpc) is 2.54. The summed E-state index contributed by atoms with van der Waals surface area (Å²) < 4.78 is 32.4. The molecule has 0 heterocycles. The van der Waals surface area contributed by atoms with E-state index in [1.165, 1.54) is 44.4 Å². The molecule has 0 atom stereocenters. The van der Waals surface area contributed by atoms with E-state index in [1.807, 2.05) is 0 Å². The zero-order chi connectivity index (χ0) is 18.6. The zero-order valence-corrected chi connectivity index (χ0v) is 14.2. The van der Waals surface area contributed by atoms with E-state index in [1.54, 1.807) is 6.07 Å². The maximum absolute atomic E-state index is 12.5. The molecule has 10 heteroatoms. The number of methoxy groups -OCH3 is 1. The normalized spacial score (nSPS) is 10.8. The fourth-order valence-corrected chi connectivity index (χ4v) is 3.14. The van der Waals surface area contributed by atoms with Gasteiger partial charge in [0, 0.05) is 24.7 Å². The van der Waals surface area contributed by atoms with Gasteiger partial charge in [-0.05, 0) is 24.3 Å². The first-order valence-electron chi connectivity index (χ1n) is 6.96. The Morgan fingerprint density at radius 3 is 2.52 bits per heavy atom. The van der Waals surface area contributed by atoms with E-state index in [4.69, 9.17) is 4.74 Å². The summed E-state index contributed by atoms with van der Waals surface area (Å²) >= 11 is 0. The Labute approximate surface area is 143 Å². The van der Waals surface area contributed by atoms with Crippen molar-refractivity contribution in [3.63, 3.8) is 0 Å². The molecule has 2 aromatic carbocycles. The van der Waals surface area contributed by atoms with Crippen molar-refractivity contribution in [2.24, 2.45) is 0 Å². The van der Waals surface area contributed by atoms with Gasteiger partial charge >= 0.3 is 0 Å². The van der Waals surface area contributed by atoms with Crippen LogP contribution < -0.4 is 14.8 Å². The maximum Gasteiger partial charge on any atom is 0.270 e. The minimum Gasteiger partial charge on any atom is -0.495 e. The summed E-state index contributed by atoms with van der Waals surface area (Å²) in [6.45, 7) is 1.32. The first kappa shape index (κ1) is 18.2. The van der Waals surface area contributed by atoms with Crippen LogP contribution in [0.3, 0.4) is 0 Å². The molecule has 0 aromatic heterocycles. The van der Waals surface area contributed by atoms with Crippen LogP contribution in [0.15, 0.2) is 47.4 Å². The number of carbonyl (C=O) groups excluding carboxylic acids is 1. The number of carbonyl (C=O) groups is 1. The van der Waals surface area contributed by atoms with E-state index in [0.29, 0.717) is 5.69 Å². The molecule has 0 unspecified atom stereocenters. The van der Waals surface area contributed by atoms with Crippen LogP contribution in [0.4, 0.5) is 17.1 Å². The highest BCUT2D eigenvalue weighted by molar-refractivity contribution is 7.92. The number of nitrogens with zero attached hydrogens (tertiary/aromatic N) is 1. The first-order chi connectivity index (χ1) is 11.7. The van der Waals surface area contributed by atoms with Crippen LogP contribution in [0.25, 0.3) is 0 Å². The van der Waals surface area contributed by atoms with Crippen molar-refractivity contribution < 1.29 is 22.9 Å². The lowest BCUT2D eigenvalue weighted by Crippen LogP contribution is -2.14. The van der Waals surface area contributed by atoms with Gasteiger partial charge < -0.3 is 10.1 Å². The number of rotatable bonds is 6. The number of amides is 1. The van der Waals surface area contributed by atoms with Gasteiger partial charge in [0.2, 0.25) is 5.91 Å². The number of sulfonamides is 1. The zero-order valence-electron chi connectivity index (χ0n) is 13.3. The number of nitro benzene ring substituents is 1. The van der Waals surface area contributed by atoms with Crippen molar-refractivity contribution in [2.45, 2.75) is 11.8 Å². The van der Waals surface area contributed by atoms with Crippen molar-refractivity contribution in [3.05, 3.63) is 52.6 Å². The molecule has 2 rings (SSSR count). The second-order valence-corrected chi connectivity index (χ2v) is 6.64. The van der Waals surface area contributed by atoms with Crippen LogP contribution >= 0.6 is 0 Å². The molecule has 2 N–H and O–H groups in total. The Bertz CT molecular complexity index is 927. The highest BCUT2D eigenvalue weighted by Crippen LogP contribution is 2.30. The summed E-state index contributed by atoms with van der Waals surface area (Å²) in [4.78, 5) is 21.0. The van der Waals surface area contributed by atoms with Gasteiger partial charge in [-0.15, -0.1) is 0 Å². The number of benzene rings is 2. The monoisotopic (exact) mass is 365 g/mol. The third kappa shape index (κ3) is 4.44. The van der Waals surface area contributed by atoms with Crippen molar-refractivity contribution in [1.29, 1.82) is 0 Å². The lowest BCUT2D eigenvalue weighted by atomic mass is 10.2. The van der Waals surface area contributed by atoms with Crippen LogP contribution in [0.2, 0.25) is 0 Å². The third-order valence-corrected chi connectivity index (χ3v) is 4.47. The number of nitrogens with one attached hydrogen (secondary N) is 2. The molecule has 0 saturated carbocycles. The predicted octanol–water partition coefficient (Wildman–Crippen LogP) is 2.36. The van der Waals surface area contributed by atoms with Gasteiger partial charge in [-0.25, -0.2) is 8.42 Å². The fraction of sp³-hybridized carbons (Fsp3) is 0.133.